The minimum atomic E-state index is 0.710. The van der Waals surface area contributed by atoms with Crippen LogP contribution in [0.1, 0.15) is 12.2 Å². The van der Waals surface area contributed by atoms with Gasteiger partial charge in [0.1, 0.15) is 23.2 Å². The number of hydrogen-bond acceptors (Lipinski definition) is 6. The molecule has 6 nitrogen and oxygen atoms in total. The molecule has 0 fully saturated rings. The zero-order valence-corrected chi connectivity index (χ0v) is 16.6. The van der Waals surface area contributed by atoms with Crippen molar-refractivity contribution in [1.82, 2.24) is 14.9 Å². The molecule has 0 aliphatic heterocycles. The first-order chi connectivity index (χ1) is 13.6. The summed E-state index contributed by atoms with van der Waals surface area (Å²) >= 11 is 0. The Morgan fingerprint density at radius 1 is 0.929 bits per heavy atom. The Morgan fingerprint density at radius 2 is 1.64 bits per heavy atom. The Labute approximate surface area is 166 Å². The van der Waals surface area contributed by atoms with Gasteiger partial charge in [0.2, 0.25) is 0 Å². The van der Waals surface area contributed by atoms with E-state index in [1.807, 2.05) is 67.6 Å². The zero-order chi connectivity index (χ0) is 19.8. The molecule has 3 rings (SSSR count). The number of para-hydroxylation sites is 3. The van der Waals surface area contributed by atoms with Crippen molar-refractivity contribution in [3.8, 4) is 11.5 Å². The molecule has 3 aromatic rings. The van der Waals surface area contributed by atoms with E-state index < -0.39 is 0 Å². The van der Waals surface area contributed by atoms with Gasteiger partial charge in [-0.05, 0) is 58.3 Å². The first-order valence-electron chi connectivity index (χ1n) is 9.43. The molecule has 0 aliphatic carbocycles. The highest BCUT2D eigenvalue weighted by atomic mass is 16.5. The van der Waals surface area contributed by atoms with Crippen molar-refractivity contribution in [3.63, 3.8) is 0 Å². The average molecular weight is 377 g/mol. The Balaban J connectivity index is 1.71. The van der Waals surface area contributed by atoms with Crippen molar-refractivity contribution < 1.29 is 4.74 Å². The van der Waals surface area contributed by atoms with E-state index in [0.29, 0.717) is 5.82 Å². The normalized spacial score (nSPS) is 10.7. The summed E-state index contributed by atoms with van der Waals surface area (Å²) in [6.45, 7) is 3.79. The molecule has 0 atom stereocenters. The third kappa shape index (κ3) is 5.96. The van der Waals surface area contributed by atoms with Gasteiger partial charge in [0.15, 0.2) is 5.75 Å². The number of benzene rings is 2. The van der Waals surface area contributed by atoms with E-state index in [-0.39, 0.29) is 0 Å². The van der Waals surface area contributed by atoms with Gasteiger partial charge < -0.3 is 20.3 Å². The van der Waals surface area contributed by atoms with Crippen LogP contribution >= 0.6 is 0 Å². The summed E-state index contributed by atoms with van der Waals surface area (Å²) < 4.78 is 6.02. The number of nitrogens with zero attached hydrogens (tertiary/aromatic N) is 3. The van der Waals surface area contributed by atoms with Gasteiger partial charge in [0, 0.05) is 12.6 Å². The van der Waals surface area contributed by atoms with Crippen LogP contribution in [0.2, 0.25) is 0 Å². The summed E-state index contributed by atoms with van der Waals surface area (Å²) in [5.41, 5.74) is 0.850. The lowest BCUT2D eigenvalue weighted by atomic mass is 10.3. The Bertz CT molecular complexity index is 883. The quantitative estimate of drug-likeness (QED) is 0.528. The fourth-order valence-electron chi connectivity index (χ4n) is 2.75. The van der Waals surface area contributed by atoms with E-state index in [0.717, 1.165) is 48.3 Å². The summed E-state index contributed by atoms with van der Waals surface area (Å²) in [4.78, 5) is 11.2. The Hall–Kier alpha value is -3.12. The molecule has 0 aliphatic rings. The van der Waals surface area contributed by atoms with Gasteiger partial charge in [-0.1, -0.05) is 30.3 Å². The highest BCUT2D eigenvalue weighted by Crippen LogP contribution is 2.31. The van der Waals surface area contributed by atoms with Crippen molar-refractivity contribution in [1.29, 1.82) is 0 Å². The van der Waals surface area contributed by atoms with Crippen molar-refractivity contribution in [2.75, 3.05) is 37.8 Å². The van der Waals surface area contributed by atoms with Crippen LogP contribution in [0, 0.1) is 6.92 Å². The molecule has 0 bridgehead atoms. The summed E-state index contributed by atoms with van der Waals surface area (Å²) in [7, 11) is 4.15. The van der Waals surface area contributed by atoms with Gasteiger partial charge in [-0.15, -0.1) is 0 Å². The van der Waals surface area contributed by atoms with E-state index in [4.69, 9.17) is 4.74 Å². The Morgan fingerprint density at radius 3 is 2.43 bits per heavy atom. The number of rotatable bonds is 9. The largest absolute Gasteiger partial charge is 0.455 e. The van der Waals surface area contributed by atoms with E-state index in [2.05, 4.69) is 39.6 Å². The lowest BCUT2D eigenvalue weighted by molar-refractivity contribution is 0.405. The van der Waals surface area contributed by atoms with Gasteiger partial charge in [0.25, 0.3) is 0 Å². The van der Waals surface area contributed by atoms with Crippen molar-refractivity contribution in [2.45, 2.75) is 13.3 Å². The third-order valence-corrected chi connectivity index (χ3v) is 4.05. The predicted molar refractivity (Wildman–Crippen MR) is 115 cm³/mol. The number of aryl methyl sites for hydroxylation is 1. The topological polar surface area (TPSA) is 62.3 Å². The fourth-order valence-corrected chi connectivity index (χ4v) is 2.75. The van der Waals surface area contributed by atoms with Crippen LogP contribution in [0.25, 0.3) is 0 Å². The molecule has 1 aromatic heterocycles. The maximum Gasteiger partial charge on any atom is 0.150 e. The Kier molecular flexibility index (Phi) is 6.81. The number of ether oxygens (including phenoxy) is 1. The van der Waals surface area contributed by atoms with Crippen LogP contribution in [0.15, 0.2) is 60.7 Å². The molecule has 0 amide bonds. The average Bonchev–Trinajstić information content (AvgIpc) is 2.67. The number of aromatic nitrogens is 2. The van der Waals surface area contributed by atoms with Crippen LogP contribution in [-0.2, 0) is 0 Å². The van der Waals surface area contributed by atoms with Crippen LogP contribution < -0.4 is 15.4 Å². The van der Waals surface area contributed by atoms with E-state index in [1.165, 1.54) is 0 Å². The van der Waals surface area contributed by atoms with Crippen molar-refractivity contribution in [3.05, 3.63) is 66.5 Å². The molecule has 28 heavy (non-hydrogen) atoms. The van der Waals surface area contributed by atoms with E-state index in [9.17, 15) is 0 Å². The molecule has 0 radical (unpaired) electrons. The maximum absolute atomic E-state index is 6.02. The summed E-state index contributed by atoms with van der Waals surface area (Å²) in [5, 5.41) is 6.73. The second kappa shape index (κ2) is 9.71. The minimum absolute atomic E-state index is 0.710. The van der Waals surface area contributed by atoms with Gasteiger partial charge >= 0.3 is 0 Å². The molecule has 2 N–H and O–H groups in total. The van der Waals surface area contributed by atoms with Gasteiger partial charge in [-0.3, -0.25) is 0 Å². The summed E-state index contributed by atoms with van der Waals surface area (Å²) in [6.07, 6.45) is 1.05. The third-order valence-electron chi connectivity index (χ3n) is 4.05. The molecule has 2 aromatic carbocycles. The van der Waals surface area contributed by atoms with Crippen LogP contribution in [0.4, 0.5) is 17.3 Å². The summed E-state index contributed by atoms with van der Waals surface area (Å²) in [6, 6.07) is 19.5. The molecular weight excluding hydrogens is 350 g/mol. The first kappa shape index (κ1) is 19.6. The van der Waals surface area contributed by atoms with E-state index >= 15 is 0 Å². The van der Waals surface area contributed by atoms with Gasteiger partial charge in [-0.25, -0.2) is 9.97 Å². The molecule has 6 heteroatoms. The highest BCUT2D eigenvalue weighted by molar-refractivity contribution is 5.66. The maximum atomic E-state index is 6.02. The van der Waals surface area contributed by atoms with Crippen LogP contribution in [-0.4, -0.2) is 42.1 Å². The first-order valence-corrected chi connectivity index (χ1v) is 9.43. The SMILES string of the molecule is Cc1nc(NCCCN(C)C)cc(Nc2ccccc2Oc2ccccc2)n1. The number of nitrogens with one attached hydrogen (secondary N) is 2. The zero-order valence-electron chi connectivity index (χ0n) is 16.6. The minimum Gasteiger partial charge on any atom is -0.455 e. The van der Waals surface area contributed by atoms with Gasteiger partial charge in [0.05, 0.1) is 5.69 Å². The molecule has 146 valence electrons. The van der Waals surface area contributed by atoms with Crippen LogP contribution in [0.5, 0.6) is 11.5 Å². The van der Waals surface area contributed by atoms with E-state index in [1.54, 1.807) is 0 Å². The molecular formula is C22H27N5O. The number of hydrogen-bond donors (Lipinski definition) is 2. The highest BCUT2D eigenvalue weighted by Gasteiger charge is 2.08. The standard InChI is InChI=1S/C22H27N5O/c1-17-24-21(23-14-9-15-27(2)3)16-22(25-17)26-19-12-7-8-13-20(19)28-18-10-5-4-6-11-18/h4-8,10-13,16H,9,14-15H2,1-3H3,(H2,23,24,25,26). The molecule has 1 heterocycles. The predicted octanol–water partition coefficient (Wildman–Crippen LogP) is 4.68. The molecule has 0 saturated heterocycles. The lowest BCUT2D eigenvalue weighted by Crippen LogP contribution is -2.16. The van der Waals surface area contributed by atoms with Gasteiger partial charge in [-0.2, -0.15) is 0 Å². The fraction of sp³-hybridized carbons (Fsp3) is 0.273. The molecule has 0 spiro atoms. The second-order valence-corrected chi connectivity index (χ2v) is 6.81. The smallest absolute Gasteiger partial charge is 0.150 e. The number of anilines is 3. The van der Waals surface area contributed by atoms with Crippen LogP contribution in [0.3, 0.4) is 0 Å². The molecule has 0 saturated carbocycles. The van der Waals surface area contributed by atoms with Crippen molar-refractivity contribution >= 4 is 17.3 Å². The molecule has 0 unspecified atom stereocenters. The lowest BCUT2D eigenvalue weighted by Gasteiger charge is -2.14. The second-order valence-electron chi connectivity index (χ2n) is 6.81. The monoisotopic (exact) mass is 377 g/mol. The van der Waals surface area contributed by atoms with Crippen molar-refractivity contribution in [2.24, 2.45) is 0 Å². The summed E-state index contributed by atoms with van der Waals surface area (Å²) in [5.74, 6) is 3.79.